The van der Waals surface area contributed by atoms with Crippen molar-refractivity contribution in [3.63, 3.8) is 0 Å². The molecule has 1 aromatic heterocycles. The van der Waals surface area contributed by atoms with Gasteiger partial charge in [0.15, 0.2) is 0 Å². The molecule has 15 heavy (non-hydrogen) atoms. The molecule has 2 aromatic rings. The molecule has 76 valence electrons. The third-order valence-electron chi connectivity index (χ3n) is 2.24. The molecule has 0 unspecified atom stereocenters. The summed E-state index contributed by atoms with van der Waals surface area (Å²) in [5, 5.41) is 12.3. The van der Waals surface area contributed by atoms with Crippen molar-refractivity contribution in [1.82, 2.24) is 4.98 Å². The smallest absolute Gasteiger partial charge is 0.260 e. The number of aryl methyl sites for hydroxylation is 1. The lowest BCUT2D eigenvalue weighted by Gasteiger charge is -2.03. The van der Waals surface area contributed by atoms with Crippen molar-refractivity contribution in [3.05, 3.63) is 44.7 Å². The fraction of sp³-hybridized carbons (Fsp3) is 0.100. The van der Waals surface area contributed by atoms with Crippen LogP contribution >= 0.6 is 15.9 Å². The fourth-order valence-electron chi connectivity index (χ4n) is 1.53. The molecule has 1 heterocycles. The largest absolute Gasteiger partial charge is 0.278 e. The highest BCUT2D eigenvalue weighted by atomic mass is 79.9. The Kier molecular flexibility index (Phi) is 2.40. The van der Waals surface area contributed by atoms with E-state index in [0.717, 1.165) is 11.1 Å². The zero-order valence-corrected chi connectivity index (χ0v) is 9.48. The summed E-state index contributed by atoms with van der Waals surface area (Å²) >= 11 is 3.28. The van der Waals surface area contributed by atoms with Crippen LogP contribution < -0.4 is 0 Å². The Morgan fingerprint density at radius 3 is 2.87 bits per heavy atom. The number of nitro benzene ring substituents is 1. The molecule has 0 radical (unpaired) electrons. The maximum absolute atomic E-state index is 10.8. The molecule has 2 rings (SSSR count). The summed E-state index contributed by atoms with van der Waals surface area (Å²) in [6.45, 7) is 1.83. The maximum Gasteiger partial charge on any atom is 0.278 e. The van der Waals surface area contributed by atoms with Gasteiger partial charge in [0.25, 0.3) is 5.69 Å². The van der Waals surface area contributed by atoms with Crippen molar-refractivity contribution < 1.29 is 4.92 Å². The van der Waals surface area contributed by atoms with E-state index in [1.165, 1.54) is 6.07 Å². The summed E-state index contributed by atoms with van der Waals surface area (Å²) in [5.74, 6) is 0. The number of nitro groups is 1. The van der Waals surface area contributed by atoms with E-state index >= 15 is 0 Å². The Hall–Kier alpha value is -1.49. The predicted molar refractivity (Wildman–Crippen MR) is 60.8 cm³/mol. The van der Waals surface area contributed by atoms with Crippen LogP contribution in [0.15, 0.2) is 28.9 Å². The van der Waals surface area contributed by atoms with Crippen LogP contribution in [0, 0.1) is 17.0 Å². The number of nitrogens with zero attached hydrogens (tertiary/aromatic N) is 2. The molecule has 0 saturated heterocycles. The van der Waals surface area contributed by atoms with E-state index in [1.54, 1.807) is 12.3 Å². The molecule has 0 aliphatic carbocycles. The van der Waals surface area contributed by atoms with Crippen molar-refractivity contribution in [2.24, 2.45) is 0 Å². The molecule has 0 fully saturated rings. The first-order valence-corrected chi connectivity index (χ1v) is 5.09. The van der Waals surface area contributed by atoms with Crippen molar-refractivity contribution in [2.45, 2.75) is 6.92 Å². The number of non-ortho nitro benzene ring substituents is 1. The van der Waals surface area contributed by atoms with Crippen LogP contribution in [0.4, 0.5) is 5.69 Å². The van der Waals surface area contributed by atoms with Gasteiger partial charge < -0.3 is 0 Å². The van der Waals surface area contributed by atoms with E-state index in [-0.39, 0.29) is 10.6 Å². The average molecular weight is 267 g/mol. The molecule has 1 aromatic carbocycles. The molecule has 0 aliphatic heterocycles. The number of halogens is 1. The van der Waals surface area contributed by atoms with Gasteiger partial charge in [-0.1, -0.05) is 12.1 Å². The van der Waals surface area contributed by atoms with Gasteiger partial charge in [-0.15, -0.1) is 0 Å². The van der Waals surface area contributed by atoms with Gasteiger partial charge in [0.2, 0.25) is 0 Å². The zero-order valence-electron chi connectivity index (χ0n) is 7.90. The molecule has 0 N–H and O–H groups in total. The molecule has 0 atom stereocenters. The number of rotatable bonds is 1. The second kappa shape index (κ2) is 3.58. The summed E-state index contributed by atoms with van der Waals surface area (Å²) in [5.41, 5.74) is 0.891. The number of benzene rings is 1. The van der Waals surface area contributed by atoms with Crippen LogP contribution in [-0.2, 0) is 0 Å². The third-order valence-corrected chi connectivity index (χ3v) is 2.84. The SMILES string of the molecule is Cc1ncc(Br)c2c([N+](=O)[O-])cccc12. The molecule has 0 saturated carbocycles. The molecular weight excluding hydrogens is 260 g/mol. The molecular formula is C10H7BrN2O2. The van der Waals surface area contributed by atoms with Crippen LogP contribution in [0.3, 0.4) is 0 Å². The van der Waals surface area contributed by atoms with Gasteiger partial charge >= 0.3 is 0 Å². The monoisotopic (exact) mass is 266 g/mol. The minimum atomic E-state index is -0.382. The normalized spacial score (nSPS) is 10.5. The zero-order chi connectivity index (χ0) is 11.0. The number of fused-ring (bicyclic) bond motifs is 1. The van der Waals surface area contributed by atoms with Gasteiger partial charge in [-0.25, -0.2) is 0 Å². The molecule has 0 aliphatic rings. The van der Waals surface area contributed by atoms with Crippen LogP contribution in [-0.4, -0.2) is 9.91 Å². The number of pyridine rings is 1. The number of hydrogen-bond acceptors (Lipinski definition) is 3. The molecule has 0 amide bonds. The topological polar surface area (TPSA) is 56.0 Å². The summed E-state index contributed by atoms with van der Waals surface area (Å²) in [6, 6.07) is 4.99. The Bertz CT molecular complexity index is 554. The third kappa shape index (κ3) is 1.59. The van der Waals surface area contributed by atoms with E-state index in [2.05, 4.69) is 20.9 Å². The van der Waals surface area contributed by atoms with E-state index in [4.69, 9.17) is 0 Å². The highest BCUT2D eigenvalue weighted by Gasteiger charge is 2.15. The van der Waals surface area contributed by atoms with Crippen LogP contribution in [0.1, 0.15) is 5.69 Å². The van der Waals surface area contributed by atoms with Crippen molar-refractivity contribution in [3.8, 4) is 0 Å². The van der Waals surface area contributed by atoms with Gasteiger partial charge in [0, 0.05) is 23.3 Å². The van der Waals surface area contributed by atoms with Gasteiger partial charge in [0.1, 0.15) is 0 Å². The summed E-state index contributed by atoms with van der Waals surface area (Å²) < 4.78 is 0.649. The second-order valence-electron chi connectivity index (χ2n) is 3.15. The summed E-state index contributed by atoms with van der Waals surface area (Å²) in [7, 11) is 0. The Morgan fingerprint density at radius 1 is 1.47 bits per heavy atom. The van der Waals surface area contributed by atoms with Crippen molar-refractivity contribution >= 4 is 32.4 Å². The minimum Gasteiger partial charge on any atom is -0.260 e. The first kappa shape index (κ1) is 10.0. The van der Waals surface area contributed by atoms with Crippen LogP contribution in [0.25, 0.3) is 10.8 Å². The summed E-state index contributed by atoms with van der Waals surface area (Å²) in [4.78, 5) is 14.6. The lowest BCUT2D eigenvalue weighted by atomic mass is 10.1. The highest BCUT2D eigenvalue weighted by molar-refractivity contribution is 9.10. The Labute approximate surface area is 94.2 Å². The van der Waals surface area contributed by atoms with E-state index in [1.807, 2.05) is 13.0 Å². The minimum absolute atomic E-state index is 0.102. The van der Waals surface area contributed by atoms with Crippen LogP contribution in [0.2, 0.25) is 0 Å². The number of aromatic nitrogens is 1. The fourth-order valence-corrected chi connectivity index (χ4v) is 2.05. The van der Waals surface area contributed by atoms with Crippen molar-refractivity contribution in [2.75, 3.05) is 0 Å². The van der Waals surface area contributed by atoms with Crippen molar-refractivity contribution in [1.29, 1.82) is 0 Å². The lowest BCUT2D eigenvalue weighted by Crippen LogP contribution is -1.92. The second-order valence-corrected chi connectivity index (χ2v) is 4.00. The average Bonchev–Trinajstić information content (AvgIpc) is 2.23. The highest BCUT2D eigenvalue weighted by Crippen LogP contribution is 2.32. The van der Waals surface area contributed by atoms with E-state index in [9.17, 15) is 10.1 Å². The Morgan fingerprint density at radius 2 is 2.20 bits per heavy atom. The van der Waals surface area contributed by atoms with Gasteiger partial charge in [-0.2, -0.15) is 0 Å². The van der Waals surface area contributed by atoms with E-state index < -0.39 is 0 Å². The van der Waals surface area contributed by atoms with E-state index in [0.29, 0.717) is 9.86 Å². The molecule has 0 spiro atoms. The molecule has 4 nitrogen and oxygen atoms in total. The lowest BCUT2D eigenvalue weighted by molar-refractivity contribution is -0.383. The predicted octanol–water partition coefficient (Wildman–Crippen LogP) is 3.21. The number of hydrogen-bond donors (Lipinski definition) is 0. The van der Waals surface area contributed by atoms with Crippen LogP contribution in [0.5, 0.6) is 0 Å². The quantitative estimate of drug-likeness (QED) is 0.588. The van der Waals surface area contributed by atoms with Gasteiger partial charge in [-0.05, 0) is 22.9 Å². The maximum atomic E-state index is 10.8. The standard InChI is InChI=1S/C10H7BrN2O2/c1-6-7-3-2-4-9(13(14)15)10(7)8(11)5-12-6/h2-5H,1H3. The van der Waals surface area contributed by atoms with Gasteiger partial charge in [0.05, 0.1) is 14.8 Å². The van der Waals surface area contributed by atoms with Gasteiger partial charge in [-0.3, -0.25) is 15.1 Å². The first-order valence-electron chi connectivity index (χ1n) is 4.29. The first-order chi connectivity index (χ1) is 7.11. The molecule has 0 bridgehead atoms. The Balaban J connectivity index is 2.96. The molecule has 5 heteroatoms. The summed E-state index contributed by atoms with van der Waals surface area (Å²) in [6.07, 6.45) is 1.59.